The molecule has 0 aromatic heterocycles. The van der Waals surface area contributed by atoms with E-state index in [1.165, 1.54) is 0 Å². The molecule has 0 saturated carbocycles. The summed E-state index contributed by atoms with van der Waals surface area (Å²) < 4.78 is 0. The van der Waals surface area contributed by atoms with Crippen LogP contribution < -0.4 is 10.6 Å². The van der Waals surface area contributed by atoms with E-state index in [2.05, 4.69) is 0 Å². The van der Waals surface area contributed by atoms with Crippen molar-refractivity contribution >= 4 is 11.6 Å². The topological polar surface area (TPSA) is 66.6 Å². The Bertz CT molecular complexity index is 431. The molecule has 1 aliphatic rings. The molecule has 1 heterocycles. The van der Waals surface area contributed by atoms with Gasteiger partial charge in [0.2, 0.25) is 5.91 Å². The van der Waals surface area contributed by atoms with E-state index in [9.17, 15) is 9.90 Å². The van der Waals surface area contributed by atoms with Gasteiger partial charge in [0.05, 0.1) is 0 Å². The lowest BCUT2D eigenvalue weighted by Gasteiger charge is -2.27. The van der Waals surface area contributed by atoms with Crippen molar-refractivity contribution in [3.8, 4) is 5.75 Å². The highest BCUT2D eigenvalue weighted by atomic mass is 16.3. The van der Waals surface area contributed by atoms with Crippen LogP contribution >= 0.6 is 0 Å². The van der Waals surface area contributed by atoms with Crippen molar-refractivity contribution in [2.75, 3.05) is 11.4 Å². The second-order valence-corrected chi connectivity index (χ2v) is 4.38. The molecule has 1 aromatic carbocycles. The van der Waals surface area contributed by atoms with Crippen molar-refractivity contribution in [3.63, 3.8) is 0 Å². The molecule has 1 fully saturated rings. The van der Waals surface area contributed by atoms with Gasteiger partial charge in [0.1, 0.15) is 11.8 Å². The highest BCUT2D eigenvalue weighted by molar-refractivity contribution is 5.84. The number of benzene rings is 1. The molecule has 0 aliphatic carbocycles. The SMILES string of the molecule is CCc1c(O)cccc1N1CCCC1C(N)=O. The Morgan fingerprint density at radius 1 is 1.59 bits per heavy atom. The second-order valence-electron chi connectivity index (χ2n) is 4.38. The number of carbonyl (C=O) groups excluding carboxylic acids is 1. The molecule has 0 spiro atoms. The highest BCUT2D eigenvalue weighted by Crippen LogP contribution is 2.33. The third-order valence-corrected chi connectivity index (χ3v) is 3.37. The van der Waals surface area contributed by atoms with Crippen molar-refractivity contribution in [1.29, 1.82) is 0 Å². The zero-order chi connectivity index (χ0) is 12.4. The smallest absolute Gasteiger partial charge is 0.240 e. The number of hydrogen-bond donors (Lipinski definition) is 2. The molecule has 4 heteroatoms. The van der Waals surface area contributed by atoms with Crippen molar-refractivity contribution in [3.05, 3.63) is 23.8 Å². The average molecular weight is 234 g/mol. The maximum absolute atomic E-state index is 11.4. The van der Waals surface area contributed by atoms with Gasteiger partial charge in [-0.05, 0) is 31.4 Å². The van der Waals surface area contributed by atoms with Gasteiger partial charge in [-0.25, -0.2) is 0 Å². The first-order valence-corrected chi connectivity index (χ1v) is 6.02. The number of aromatic hydroxyl groups is 1. The second kappa shape index (κ2) is 4.65. The van der Waals surface area contributed by atoms with E-state index in [4.69, 9.17) is 5.73 Å². The number of amides is 1. The molecular weight excluding hydrogens is 216 g/mol. The van der Waals surface area contributed by atoms with Crippen molar-refractivity contribution in [2.24, 2.45) is 5.73 Å². The quantitative estimate of drug-likeness (QED) is 0.831. The first kappa shape index (κ1) is 11.8. The number of primary amides is 1. The monoisotopic (exact) mass is 234 g/mol. The lowest BCUT2D eigenvalue weighted by Crippen LogP contribution is -2.40. The van der Waals surface area contributed by atoms with E-state index in [1.54, 1.807) is 12.1 Å². The molecule has 1 atom stereocenters. The molecule has 92 valence electrons. The lowest BCUT2D eigenvalue weighted by atomic mass is 10.1. The van der Waals surface area contributed by atoms with Gasteiger partial charge in [-0.3, -0.25) is 4.79 Å². The first-order valence-electron chi connectivity index (χ1n) is 6.02. The number of nitrogens with zero attached hydrogens (tertiary/aromatic N) is 1. The Hall–Kier alpha value is -1.71. The molecule has 1 aliphatic heterocycles. The summed E-state index contributed by atoms with van der Waals surface area (Å²) in [6, 6.07) is 5.19. The third kappa shape index (κ3) is 2.07. The van der Waals surface area contributed by atoms with Crippen LogP contribution in [0.15, 0.2) is 18.2 Å². The minimum atomic E-state index is -0.284. The van der Waals surface area contributed by atoms with Gasteiger partial charge in [0.15, 0.2) is 0 Å². The Balaban J connectivity index is 2.39. The van der Waals surface area contributed by atoms with Crippen LogP contribution in [0.25, 0.3) is 0 Å². The molecule has 4 nitrogen and oxygen atoms in total. The standard InChI is InChI=1S/C13H18N2O2/c1-2-9-10(5-3-7-12(9)16)15-8-4-6-11(15)13(14)17/h3,5,7,11,16H,2,4,6,8H2,1H3,(H2,14,17). The number of nitrogens with two attached hydrogens (primary N) is 1. The summed E-state index contributed by atoms with van der Waals surface area (Å²) in [6.07, 6.45) is 2.50. The Morgan fingerprint density at radius 3 is 3.00 bits per heavy atom. The fraction of sp³-hybridized carbons (Fsp3) is 0.462. The van der Waals surface area contributed by atoms with Crippen LogP contribution in [0.3, 0.4) is 0 Å². The number of anilines is 1. The molecule has 3 N–H and O–H groups in total. The van der Waals surface area contributed by atoms with Gasteiger partial charge in [-0.1, -0.05) is 13.0 Å². The van der Waals surface area contributed by atoms with E-state index in [0.29, 0.717) is 5.75 Å². The van der Waals surface area contributed by atoms with Gasteiger partial charge in [-0.15, -0.1) is 0 Å². The number of carbonyl (C=O) groups is 1. The van der Waals surface area contributed by atoms with Crippen molar-refractivity contribution < 1.29 is 9.90 Å². The summed E-state index contributed by atoms with van der Waals surface area (Å²) in [5, 5.41) is 9.83. The molecule has 17 heavy (non-hydrogen) atoms. The van der Waals surface area contributed by atoms with Gasteiger partial charge in [0, 0.05) is 17.8 Å². The first-order chi connectivity index (χ1) is 8.15. The predicted octanol–water partition coefficient (Wildman–Crippen LogP) is 1.41. The molecule has 1 aromatic rings. The Labute approximate surface area is 101 Å². The van der Waals surface area contributed by atoms with Crippen LogP contribution in [0.4, 0.5) is 5.69 Å². The largest absolute Gasteiger partial charge is 0.508 e. The van der Waals surface area contributed by atoms with Crippen molar-refractivity contribution in [1.82, 2.24) is 0 Å². The number of hydrogen-bond acceptors (Lipinski definition) is 3. The molecule has 0 radical (unpaired) electrons. The number of rotatable bonds is 3. The van der Waals surface area contributed by atoms with Gasteiger partial charge in [0.25, 0.3) is 0 Å². The van der Waals surface area contributed by atoms with Crippen LogP contribution in [-0.2, 0) is 11.2 Å². The molecular formula is C13H18N2O2. The molecule has 1 amide bonds. The van der Waals surface area contributed by atoms with E-state index in [1.807, 2.05) is 17.9 Å². The third-order valence-electron chi connectivity index (χ3n) is 3.37. The Kier molecular flexibility index (Phi) is 3.22. The molecule has 0 bridgehead atoms. The van der Waals surface area contributed by atoms with E-state index in [0.717, 1.165) is 37.1 Å². The number of phenolic OH excluding ortho intramolecular Hbond substituents is 1. The molecule has 1 unspecified atom stereocenters. The van der Waals surface area contributed by atoms with Gasteiger partial charge < -0.3 is 15.7 Å². The van der Waals surface area contributed by atoms with Crippen molar-refractivity contribution in [2.45, 2.75) is 32.2 Å². The summed E-state index contributed by atoms with van der Waals surface area (Å²) >= 11 is 0. The predicted molar refractivity (Wildman–Crippen MR) is 67.0 cm³/mol. The van der Waals surface area contributed by atoms with Crippen LogP contribution in [0.5, 0.6) is 5.75 Å². The summed E-state index contributed by atoms with van der Waals surface area (Å²) in [5.74, 6) is 0.00742. The Morgan fingerprint density at radius 2 is 2.35 bits per heavy atom. The zero-order valence-corrected chi connectivity index (χ0v) is 10.0. The highest BCUT2D eigenvalue weighted by Gasteiger charge is 2.30. The summed E-state index contributed by atoms with van der Waals surface area (Å²) in [4.78, 5) is 13.4. The molecule has 2 rings (SSSR count). The maximum atomic E-state index is 11.4. The normalized spacial score (nSPS) is 19.6. The van der Waals surface area contributed by atoms with Crippen LogP contribution in [-0.4, -0.2) is 23.6 Å². The van der Waals surface area contributed by atoms with E-state index < -0.39 is 0 Å². The number of phenols is 1. The minimum Gasteiger partial charge on any atom is -0.508 e. The average Bonchev–Trinajstić information content (AvgIpc) is 2.77. The summed E-state index contributed by atoms with van der Waals surface area (Å²) in [5.41, 5.74) is 7.24. The van der Waals surface area contributed by atoms with E-state index in [-0.39, 0.29) is 11.9 Å². The lowest BCUT2D eigenvalue weighted by molar-refractivity contribution is -0.119. The summed E-state index contributed by atoms with van der Waals surface area (Å²) in [7, 11) is 0. The minimum absolute atomic E-state index is 0.234. The fourth-order valence-corrected chi connectivity index (χ4v) is 2.54. The fourth-order valence-electron chi connectivity index (χ4n) is 2.54. The van der Waals surface area contributed by atoms with E-state index >= 15 is 0 Å². The van der Waals surface area contributed by atoms with Gasteiger partial charge >= 0.3 is 0 Å². The maximum Gasteiger partial charge on any atom is 0.240 e. The summed E-state index contributed by atoms with van der Waals surface area (Å²) in [6.45, 7) is 2.82. The van der Waals surface area contributed by atoms with Crippen LogP contribution in [0, 0.1) is 0 Å². The zero-order valence-electron chi connectivity index (χ0n) is 10.0. The van der Waals surface area contributed by atoms with Crippen LogP contribution in [0.1, 0.15) is 25.3 Å². The van der Waals surface area contributed by atoms with Crippen LogP contribution in [0.2, 0.25) is 0 Å². The molecule has 1 saturated heterocycles. The van der Waals surface area contributed by atoms with Gasteiger partial charge in [-0.2, -0.15) is 0 Å².